The summed E-state index contributed by atoms with van der Waals surface area (Å²) in [4.78, 5) is 0. The van der Waals surface area contributed by atoms with Crippen molar-refractivity contribution in [3.05, 3.63) is 73.3 Å². The maximum Gasteiger partial charge on any atom is 0.0393 e. The number of anilines is 1. The molecule has 0 heterocycles. The summed E-state index contributed by atoms with van der Waals surface area (Å²) in [6, 6.07) is 12.2. The van der Waals surface area contributed by atoms with E-state index < -0.39 is 0 Å². The molecule has 1 nitrogen and oxygen atoms in total. The van der Waals surface area contributed by atoms with Crippen LogP contribution in [0, 0.1) is 0 Å². The second-order valence-corrected chi connectivity index (χ2v) is 3.84. The lowest BCUT2D eigenvalue weighted by Gasteiger charge is -2.06. The third kappa shape index (κ3) is 2.13. The Morgan fingerprint density at radius 2 is 1.94 bits per heavy atom. The average Bonchev–Trinajstić information content (AvgIpc) is 2.36. The van der Waals surface area contributed by atoms with E-state index in [-0.39, 0.29) is 0 Å². The van der Waals surface area contributed by atoms with E-state index >= 15 is 0 Å². The fraction of sp³-hybridized carbons (Fsp3) is 0. The molecule has 1 heteroatoms. The van der Waals surface area contributed by atoms with Gasteiger partial charge in [-0.1, -0.05) is 55.7 Å². The maximum absolute atomic E-state index is 5.98. The third-order valence-corrected chi connectivity index (χ3v) is 2.77. The summed E-state index contributed by atoms with van der Waals surface area (Å²) in [6.45, 7) is 7.52. The van der Waals surface area contributed by atoms with Crippen molar-refractivity contribution in [3.63, 3.8) is 0 Å². The minimum atomic E-state index is 0.798. The van der Waals surface area contributed by atoms with Crippen molar-refractivity contribution < 1.29 is 0 Å². The standard InChI is InChI=1S/C16H15N/c1-3-6-12(4-2)14-10-9-13-7-5-8-16(17)15(13)11-14/h3-11H,1-2,17H2/b12-6+. The third-order valence-electron chi connectivity index (χ3n) is 2.77. The van der Waals surface area contributed by atoms with E-state index in [2.05, 4.69) is 37.4 Å². The molecule has 0 unspecified atom stereocenters. The summed E-state index contributed by atoms with van der Waals surface area (Å²) in [5.41, 5.74) is 8.92. The molecule has 0 atom stereocenters. The second-order valence-electron chi connectivity index (χ2n) is 3.84. The molecule has 0 saturated carbocycles. The molecule has 0 aliphatic carbocycles. The molecule has 2 rings (SSSR count). The molecule has 0 aliphatic heterocycles. The van der Waals surface area contributed by atoms with Crippen molar-refractivity contribution in [2.75, 3.05) is 5.73 Å². The SMILES string of the molecule is C=C/C=C(\C=C)c1ccc2cccc(N)c2c1. The number of nitrogens with two attached hydrogens (primary N) is 1. The Hall–Kier alpha value is -2.28. The summed E-state index contributed by atoms with van der Waals surface area (Å²) >= 11 is 0. The van der Waals surface area contributed by atoms with Crippen LogP contribution in [-0.4, -0.2) is 0 Å². The van der Waals surface area contributed by atoms with E-state index in [4.69, 9.17) is 5.73 Å². The lowest BCUT2D eigenvalue weighted by molar-refractivity contribution is 1.66. The van der Waals surface area contributed by atoms with Gasteiger partial charge in [0, 0.05) is 11.1 Å². The zero-order valence-electron chi connectivity index (χ0n) is 9.69. The van der Waals surface area contributed by atoms with Crippen LogP contribution in [0.3, 0.4) is 0 Å². The molecule has 0 aromatic heterocycles. The van der Waals surface area contributed by atoms with Crippen molar-refractivity contribution in [1.29, 1.82) is 0 Å². The van der Waals surface area contributed by atoms with Crippen molar-refractivity contribution in [2.45, 2.75) is 0 Å². The van der Waals surface area contributed by atoms with Gasteiger partial charge in [0.1, 0.15) is 0 Å². The summed E-state index contributed by atoms with van der Waals surface area (Å²) in [5.74, 6) is 0. The van der Waals surface area contributed by atoms with Crippen molar-refractivity contribution in [2.24, 2.45) is 0 Å². The van der Waals surface area contributed by atoms with E-state index in [0.29, 0.717) is 0 Å². The Morgan fingerprint density at radius 1 is 1.12 bits per heavy atom. The highest BCUT2D eigenvalue weighted by Crippen LogP contribution is 2.25. The Morgan fingerprint density at radius 3 is 2.65 bits per heavy atom. The van der Waals surface area contributed by atoms with Crippen LogP contribution in [-0.2, 0) is 0 Å². The molecule has 0 amide bonds. The minimum Gasteiger partial charge on any atom is -0.398 e. The molecular weight excluding hydrogens is 206 g/mol. The van der Waals surface area contributed by atoms with E-state index in [0.717, 1.165) is 27.6 Å². The molecule has 2 N–H and O–H groups in total. The number of rotatable bonds is 3. The summed E-state index contributed by atoms with van der Waals surface area (Å²) in [7, 11) is 0. The van der Waals surface area contributed by atoms with Crippen LogP contribution >= 0.6 is 0 Å². The number of hydrogen-bond donors (Lipinski definition) is 1. The Bertz CT molecular complexity index is 606. The van der Waals surface area contributed by atoms with Gasteiger partial charge in [-0.05, 0) is 28.7 Å². The molecule has 0 saturated heterocycles. The summed E-state index contributed by atoms with van der Waals surface area (Å²) < 4.78 is 0. The van der Waals surface area contributed by atoms with Crippen LogP contribution in [0.1, 0.15) is 5.56 Å². The molecular formula is C16H15N. The first kappa shape index (κ1) is 11.2. The fourth-order valence-electron chi connectivity index (χ4n) is 1.89. The van der Waals surface area contributed by atoms with Gasteiger partial charge in [0.15, 0.2) is 0 Å². The summed E-state index contributed by atoms with van der Waals surface area (Å²) in [6.07, 6.45) is 5.52. The number of benzene rings is 2. The number of allylic oxidation sites excluding steroid dienone is 4. The smallest absolute Gasteiger partial charge is 0.0393 e. The number of nitrogen functional groups attached to an aromatic ring is 1. The molecule has 17 heavy (non-hydrogen) atoms. The largest absolute Gasteiger partial charge is 0.398 e. The molecule has 0 fully saturated rings. The van der Waals surface area contributed by atoms with Crippen LogP contribution < -0.4 is 5.73 Å². The molecule has 2 aromatic carbocycles. The number of fused-ring (bicyclic) bond motifs is 1. The van der Waals surface area contributed by atoms with E-state index in [9.17, 15) is 0 Å². The highest BCUT2D eigenvalue weighted by molar-refractivity contribution is 5.95. The van der Waals surface area contributed by atoms with Gasteiger partial charge in [-0.15, -0.1) is 0 Å². The molecule has 0 bridgehead atoms. The molecule has 0 radical (unpaired) electrons. The predicted molar refractivity (Wildman–Crippen MR) is 76.7 cm³/mol. The number of hydrogen-bond acceptors (Lipinski definition) is 1. The van der Waals surface area contributed by atoms with Crippen molar-refractivity contribution >= 4 is 22.0 Å². The van der Waals surface area contributed by atoms with Gasteiger partial charge in [0.05, 0.1) is 0 Å². The van der Waals surface area contributed by atoms with Gasteiger partial charge in [0.2, 0.25) is 0 Å². The zero-order chi connectivity index (χ0) is 12.3. The second kappa shape index (κ2) is 4.71. The van der Waals surface area contributed by atoms with E-state index in [1.165, 1.54) is 0 Å². The van der Waals surface area contributed by atoms with Crippen LogP contribution in [0.5, 0.6) is 0 Å². The maximum atomic E-state index is 5.98. The molecule has 2 aromatic rings. The normalized spacial score (nSPS) is 11.4. The van der Waals surface area contributed by atoms with Gasteiger partial charge in [0.25, 0.3) is 0 Å². The van der Waals surface area contributed by atoms with Gasteiger partial charge in [-0.25, -0.2) is 0 Å². The van der Waals surface area contributed by atoms with Crippen molar-refractivity contribution in [1.82, 2.24) is 0 Å². The van der Waals surface area contributed by atoms with Gasteiger partial charge < -0.3 is 5.73 Å². The average molecular weight is 221 g/mol. The minimum absolute atomic E-state index is 0.798. The predicted octanol–water partition coefficient (Wildman–Crippen LogP) is 4.18. The summed E-state index contributed by atoms with van der Waals surface area (Å²) in [5, 5.41) is 2.22. The zero-order valence-corrected chi connectivity index (χ0v) is 9.69. The van der Waals surface area contributed by atoms with E-state index in [1.54, 1.807) is 6.08 Å². The lowest BCUT2D eigenvalue weighted by atomic mass is 10.00. The first-order valence-electron chi connectivity index (χ1n) is 5.50. The van der Waals surface area contributed by atoms with Crippen molar-refractivity contribution in [3.8, 4) is 0 Å². The molecule has 0 spiro atoms. The Balaban J connectivity index is 2.65. The van der Waals surface area contributed by atoms with Gasteiger partial charge in [-0.2, -0.15) is 0 Å². The molecule has 0 aliphatic rings. The fourth-order valence-corrected chi connectivity index (χ4v) is 1.89. The Kier molecular flexibility index (Phi) is 3.10. The monoisotopic (exact) mass is 221 g/mol. The molecule has 84 valence electrons. The first-order valence-corrected chi connectivity index (χ1v) is 5.50. The highest BCUT2D eigenvalue weighted by atomic mass is 14.5. The van der Waals surface area contributed by atoms with Crippen LogP contribution in [0.2, 0.25) is 0 Å². The Labute approximate surface area is 102 Å². The quantitative estimate of drug-likeness (QED) is 0.610. The van der Waals surface area contributed by atoms with Crippen LogP contribution in [0.25, 0.3) is 16.3 Å². The highest BCUT2D eigenvalue weighted by Gasteiger charge is 2.01. The topological polar surface area (TPSA) is 26.0 Å². The van der Waals surface area contributed by atoms with Crippen LogP contribution in [0.15, 0.2) is 67.8 Å². The van der Waals surface area contributed by atoms with Gasteiger partial charge in [-0.3, -0.25) is 0 Å². The van der Waals surface area contributed by atoms with Crippen LogP contribution in [0.4, 0.5) is 5.69 Å². The van der Waals surface area contributed by atoms with Gasteiger partial charge >= 0.3 is 0 Å². The lowest BCUT2D eigenvalue weighted by Crippen LogP contribution is -1.88. The first-order chi connectivity index (χ1) is 8.26. The van der Waals surface area contributed by atoms with E-state index in [1.807, 2.05) is 24.3 Å².